The summed E-state index contributed by atoms with van der Waals surface area (Å²) in [7, 11) is 0. The number of carbonyl (C=O) groups excluding carboxylic acids is 1. The summed E-state index contributed by atoms with van der Waals surface area (Å²) in [5.41, 5.74) is -0.709. The maximum atomic E-state index is 13.1. The number of aliphatic hydroxyl groups excluding tert-OH is 1. The quantitative estimate of drug-likeness (QED) is 0.840. The number of piperidine rings is 1. The molecule has 1 atom stereocenters. The number of hydrogen-bond acceptors (Lipinski definition) is 3. The number of nitrogens with zero attached hydrogens (tertiary/aromatic N) is 1. The van der Waals surface area contributed by atoms with Crippen LogP contribution in [-0.4, -0.2) is 55.0 Å². The molecule has 2 amide bonds. The van der Waals surface area contributed by atoms with Crippen molar-refractivity contribution in [3.05, 3.63) is 35.4 Å². The maximum Gasteiger partial charge on any atom is 0.416 e. The molecule has 2 aliphatic rings. The number of likely N-dealkylation sites (tertiary alicyclic amines) is 1. The second-order valence-corrected chi connectivity index (χ2v) is 7.37. The molecule has 2 saturated heterocycles. The minimum atomic E-state index is -4.41. The normalized spacial score (nSPS) is 23.1. The number of benzene rings is 1. The minimum absolute atomic E-state index is 0.239. The van der Waals surface area contributed by atoms with Gasteiger partial charge >= 0.3 is 12.2 Å². The van der Waals surface area contributed by atoms with Crippen LogP contribution in [0.4, 0.5) is 18.0 Å². The van der Waals surface area contributed by atoms with Crippen LogP contribution in [0.15, 0.2) is 24.3 Å². The number of nitrogens with one attached hydrogen (secondary N) is 1. The Kier molecular flexibility index (Phi) is 5.95. The first kappa shape index (κ1) is 19.9. The molecule has 150 valence electrons. The molecule has 0 aromatic heterocycles. The summed E-state index contributed by atoms with van der Waals surface area (Å²) >= 11 is 0. The van der Waals surface area contributed by atoms with E-state index in [1.807, 2.05) is 0 Å². The van der Waals surface area contributed by atoms with E-state index in [4.69, 9.17) is 4.74 Å². The van der Waals surface area contributed by atoms with Gasteiger partial charge in [0.05, 0.1) is 11.7 Å². The fraction of sp³-hybridized carbons (Fsp3) is 0.632. The first-order chi connectivity index (χ1) is 12.8. The summed E-state index contributed by atoms with van der Waals surface area (Å²) in [6, 6.07) is 5.06. The Morgan fingerprint density at radius 2 is 2.07 bits per heavy atom. The van der Waals surface area contributed by atoms with Crippen LogP contribution in [-0.2, 0) is 16.3 Å². The molecule has 5 nitrogen and oxygen atoms in total. The van der Waals surface area contributed by atoms with Gasteiger partial charge in [-0.2, -0.15) is 13.2 Å². The molecule has 2 aliphatic heterocycles. The highest BCUT2D eigenvalue weighted by atomic mass is 19.4. The minimum Gasteiger partial charge on any atom is -0.391 e. The Hall–Kier alpha value is -1.80. The second kappa shape index (κ2) is 8.06. The highest BCUT2D eigenvalue weighted by molar-refractivity contribution is 5.74. The van der Waals surface area contributed by atoms with E-state index in [2.05, 4.69) is 5.32 Å². The van der Waals surface area contributed by atoms with Crippen LogP contribution in [0.2, 0.25) is 0 Å². The second-order valence-electron chi connectivity index (χ2n) is 7.37. The molecule has 27 heavy (non-hydrogen) atoms. The number of urea groups is 1. The molecule has 0 bridgehead atoms. The van der Waals surface area contributed by atoms with Gasteiger partial charge in [0.15, 0.2) is 0 Å². The summed E-state index contributed by atoms with van der Waals surface area (Å²) in [5.74, 6) is 0. The molecule has 1 aromatic rings. The molecular weight excluding hydrogens is 361 g/mol. The van der Waals surface area contributed by atoms with E-state index < -0.39 is 23.3 Å². The van der Waals surface area contributed by atoms with Gasteiger partial charge in [-0.3, -0.25) is 0 Å². The molecule has 0 spiro atoms. The van der Waals surface area contributed by atoms with Gasteiger partial charge in [0, 0.05) is 38.3 Å². The summed E-state index contributed by atoms with van der Waals surface area (Å²) < 4.78 is 44.8. The molecule has 1 aromatic carbocycles. The molecular formula is C19H25F3N2O3. The van der Waals surface area contributed by atoms with E-state index in [9.17, 15) is 23.1 Å². The lowest BCUT2D eigenvalue weighted by Gasteiger charge is -2.39. The molecule has 2 heterocycles. The van der Waals surface area contributed by atoms with Crippen molar-refractivity contribution in [3.63, 3.8) is 0 Å². The third kappa shape index (κ3) is 4.73. The van der Waals surface area contributed by atoms with Crippen molar-refractivity contribution in [2.24, 2.45) is 0 Å². The van der Waals surface area contributed by atoms with Gasteiger partial charge < -0.3 is 20.1 Å². The zero-order valence-corrected chi connectivity index (χ0v) is 15.1. The standard InChI is InChI=1S/C19H25F3N2O3/c20-19(21,22)15-4-1-3-14(11-15)18(6-9-27-10-7-18)13-23-17(26)24-8-2-5-16(25)12-24/h1,3-4,11,16,25H,2,5-10,12-13H2,(H,23,26)/t16-/m1/s1. The first-order valence-corrected chi connectivity index (χ1v) is 9.26. The highest BCUT2D eigenvalue weighted by Gasteiger charge is 2.38. The Morgan fingerprint density at radius 1 is 1.33 bits per heavy atom. The predicted octanol–water partition coefficient (Wildman–Crippen LogP) is 2.92. The first-order valence-electron chi connectivity index (χ1n) is 9.26. The number of carbonyl (C=O) groups is 1. The zero-order chi connectivity index (χ0) is 19.5. The average Bonchev–Trinajstić information content (AvgIpc) is 2.66. The maximum absolute atomic E-state index is 13.1. The van der Waals surface area contributed by atoms with Crippen molar-refractivity contribution in [1.82, 2.24) is 10.2 Å². The SMILES string of the molecule is O=C(NCC1(c2cccc(C(F)(F)F)c2)CCOCC1)N1CCC[C@@H](O)C1. The molecule has 0 unspecified atom stereocenters. The van der Waals surface area contributed by atoms with E-state index >= 15 is 0 Å². The highest BCUT2D eigenvalue weighted by Crippen LogP contribution is 2.37. The smallest absolute Gasteiger partial charge is 0.391 e. The lowest BCUT2D eigenvalue weighted by atomic mass is 9.73. The largest absolute Gasteiger partial charge is 0.416 e. The molecule has 0 saturated carbocycles. The number of β-amino-alcohol motifs (C(OH)–C–C–N with tert-alkyl or cyclic N) is 1. The van der Waals surface area contributed by atoms with Crippen LogP contribution in [0.1, 0.15) is 36.8 Å². The van der Waals surface area contributed by atoms with Crippen molar-refractivity contribution in [1.29, 1.82) is 0 Å². The zero-order valence-electron chi connectivity index (χ0n) is 15.1. The average molecular weight is 386 g/mol. The lowest BCUT2D eigenvalue weighted by molar-refractivity contribution is -0.137. The number of ether oxygens (including phenoxy) is 1. The van der Waals surface area contributed by atoms with Crippen molar-refractivity contribution in [2.75, 3.05) is 32.8 Å². The van der Waals surface area contributed by atoms with Crippen molar-refractivity contribution >= 4 is 6.03 Å². The van der Waals surface area contributed by atoms with Crippen molar-refractivity contribution in [2.45, 2.75) is 43.4 Å². The van der Waals surface area contributed by atoms with Gasteiger partial charge in [-0.1, -0.05) is 18.2 Å². The molecule has 3 rings (SSSR count). The molecule has 8 heteroatoms. The van der Waals surface area contributed by atoms with E-state index in [0.717, 1.165) is 12.5 Å². The van der Waals surface area contributed by atoms with Crippen LogP contribution < -0.4 is 5.32 Å². The van der Waals surface area contributed by atoms with Gasteiger partial charge in [-0.05, 0) is 37.3 Å². The summed E-state index contributed by atoms with van der Waals surface area (Å²) in [6.07, 6.45) is -2.44. The lowest BCUT2D eigenvalue weighted by Crippen LogP contribution is -2.51. The van der Waals surface area contributed by atoms with E-state index in [-0.39, 0.29) is 19.1 Å². The van der Waals surface area contributed by atoms with Gasteiger partial charge in [0.1, 0.15) is 0 Å². The van der Waals surface area contributed by atoms with Gasteiger partial charge in [-0.15, -0.1) is 0 Å². The summed E-state index contributed by atoms with van der Waals surface area (Å²) in [4.78, 5) is 14.0. The van der Waals surface area contributed by atoms with Crippen LogP contribution in [0.25, 0.3) is 0 Å². The van der Waals surface area contributed by atoms with Gasteiger partial charge in [-0.25, -0.2) is 4.79 Å². The number of aliphatic hydroxyl groups is 1. The number of rotatable bonds is 3. The third-order valence-corrected chi connectivity index (χ3v) is 5.51. The predicted molar refractivity (Wildman–Crippen MR) is 93.4 cm³/mol. The summed E-state index contributed by atoms with van der Waals surface area (Å²) in [6.45, 7) is 1.97. The van der Waals surface area contributed by atoms with Crippen LogP contribution >= 0.6 is 0 Å². The van der Waals surface area contributed by atoms with Crippen molar-refractivity contribution < 1.29 is 27.8 Å². The topological polar surface area (TPSA) is 61.8 Å². The van der Waals surface area contributed by atoms with Gasteiger partial charge in [0.2, 0.25) is 0 Å². The van der Waals surface area contributed by atoms with E-state index in [1.165, 1.54) is 12.1 Å². The molecule has 0 radical (unpaired) electrons. The number of alkyl halides is 3. The fourth-order valence-corrected chi connectivity index (χ4v) is 3.85. The fourth-order valence-electron chi connectivity index (χ4n) is 3.85. The molecule has 0 aliphatic carbocycles. The van der Waals surface area contributed by atoms with Gasteiger partial charge in [0.25, 0.3) is 0 Å². The Balaban J connectivity index is 1.76. The van der Waals surface area contributed by atoms with Crippen molar-refractivity contribution in [3.8, 4) is 0 Å². The summed E-state index contributed by atoms with van der Waals surface area (Å²) in [5, 5.41) is 12.6. The number of amides is 2. The Morgan fingerprint density at radius 3 is 2.74 bits per heavy atom. The van der Waals surface area contributed by atoms with E-state index in [1.54, 1.807) is 11.0 Å². The van der Waals surface area contributed by atoms with Crippen LogP contribution in [0, 0.1) is 0 Å². The Bertz CT molecular complexity index is 660. The number of halogens is 3. The van der Waals surface area contributed by atoms with Crippen LogP contribution in [0.3, 0.4) is 0 Å². The third-order valence-electron chi connectivity index (χ3n) is 5.51. The molecule has 2 N–H and O–H groups in total. The molecule has 2 fully saturated rings. The van der Waals surface area contributed by atoms with Crippen LogP contribution in [0.5, 0.6) is 0 Å². The number of hydrogen-bond donors (Lipinski definition) is 2. The van der Waals surface area contributed by atoms with E-state index in [0.29, 0.717) is 44.6 Å². The monoisotopic (exact) mass is 386 g/mol. The Labute approximate surface area is 156 Å².